The second-order valence-electron chi connectivity index (χ2n) is 8.05. The first-order valence-electron chi connectivity index (χ1n) is 10.5. The van der Waals surface area contributed by atoms with Gasteiger partial charge in [-0.3, -0.25) is 4.79 Å². The SMILES string of the molecule is O=C(CC1CCCCCC1)Nc1ccc(CC2=CCCCCC2)c(F)c1. The van der Waals surface area contributed by atoms with Gasteiger partial charge in [-0.25, -0.2) is 4.39 Å². The summed E-state index contributed by atoms with van der Waals surface area (Å²) in [6.07, 6.45) is 16.8. The molecule has 2 aliphatic rings. The molecule has 1 aromatic rings. The van der Waals surface area contributed by atoms with Gasteiger partial charge in [0.1, 0.15) is 5.82 Å². The van der Waals surface area contributed by atoms with Crippen LogP contribution in [0.25, 0.3) is 0 Å². The molecule has 0 radical (unpaired) electrons. The van der Waals surface area contributed by atoms with Gasteiger partial charge in [-0.05, 0) is 68.6 Å². The summed E-state index contributed by atoms with van der Waals surface area (Å²) in [5.41, 5.74) is 2.67. The number of hydrogen-bond donors (Lipinski definition) is 1. The molecule has 1 aromatic carbocycles. The maximum Gasteiger partial charge on any atom is 0.224 e. The van der Waals surface area contributed by atoms with Crippen molar-refractivity contribution < 1.29 is 9.18 Å². The molecule has 3 rings (SSSR count). The van der Waals surface area contributed by atoms with Gasteiger partial charge < -0.3 is 5.32 Å². The molecule has 0 unspecified atom stereocenters. The monoisotopic (exact) mass is 357 g/mol. The number of benzene rings is 1. The topological polar surface area (TPSA) is 29.1 Å². The first-order valence-corrected chi connectivity index (χ1v) is 10.5. The third-order valence-electron chi connectivity index (χ3n) is 5.84. The number of amides is 1. The Morgan fingerprint density at radius 1 is 1.04 bits per heavy atom. The highest BCUT2D eigenvalue weighted by atomic mass is 19.1. The van der Waals surface area contributed by atoms with Crippen LogP contribution in [0.5, 0.6) is 0 Å². The van der Waals surface area contributed by atoms with Crippen LogP contribution >= 0.6 is 0 Å². The Balaban J connectivity index is 1.54. The van der Waals surface area contributed by atoms with Crippen molar-refractivity contribution in [3.05, 3.63) is 41.2 Å². The van der Waals surface area contributed by atoms with Gasteiger partial charge in [-0.2, -0.15) is 0 Å². The fourth-order valence-electron chi connectivity index (χ4n) is 4.30. The average Bonchev–Trinajstić information content (AvgIpc) is 3.02. The summed E-state index contributed by atoms with van der Waals surface area (Å²) in [6, 6.07) is 5.17. The van der Waals surface area contributed by atoms with Crippen LogP contribution in [0, 0.1) is 11.7 Å². The molecule has 1 fully saturated rings. The van der Waals surface area contributed by atoms with Gasteiger partial charge in [-0.1, -0.05) is 49.8 Å². The molecule has 0 bridgehead atoms. The Kier molecular flexibility index (Phi) is 7.28. The zero-order valence-corrected chi connectivity index (χ0v) is 15.9. The Morgan fingerprint density at radius 2 is 1.81 bits per heavy atom. The molecular formula is C23H32FNO. The summed E-state index contributed by atoms with van der Waals surface area (Å²) in [7, 11) is 0. The molecule has 2 aliphatic carbocycles. The molecule has 26 heavy (non-hydrogen) atoms. The molecule has 1 amide bonds. The third-order valence-corrected chi connectivity index (χ3v) is 5.84. The van der Waals surface area contributed by atoms with E-state index < -0.39 is 0 Å². The van der Waals surface area contributed by atoms with E-state index in [1.54, 1.807) is 0 Å². The van der Waals surface area contributed by atoms with E-state index in [2.05, 4.69) is 11.4 Å². The van der Waals surface area contributed by atoms with Crippen molar-refractivity contribution in [1.82, 2.24) is 0 Å². The van der Waals surface area contributed by atoms with Gasteiger partial charge in [0.05, 0.1) is 0 Å². The number of anilines is 1. The van der Waals surface area contributed by atoms with Crippen LogP contribution in [-0.2, 0) is 11.2 Å². The Morgan fingerprint density at radius 3 is 2.58 bits per heavy atom. The lowest BCUT2D eigenvalue weighted by atomic mass is 9.96. The van der Waals surface area contributed by atoms with Crippen LogP contribution in [0.1, 0.15) is 82.6 Å². The van der Waals surface area contributed by atoms with Gasteiger partial charge in [-0.15, -0.1) is 0 Å². The molecule has 2 nitrogen and oxygen atoms in total. The predicted octanol–water partition coefficient (Wildman–Crippen LogP) is 6.56. The highest BCUT2D eigenvalue weighted by molar-refractivity contribution is 5.90. The minimum atomic E-state index is -0.206. The summed E-state index contributed by atoms with van der Waals surface area (Å²) in [5, 5.41) is 2.90. The second-order valence-corrected chi connectivity index (χ2v) is 8.05. The zero-order valence-electron chi connectivity index (χ0n) is 15.9. The van der Waals surface area contributed by atoms with E-state index in [1.807, 2.05) is 12.1 Å². The van der Waals surface area contributed by atoms with Crippen molar-refractivity contribution in [3.63, 3.8) is 0 Å². The standard InChI is InChI=1S/C23H32FNO/c24-22-17-21(25-23(26)16-19-11-7-3-4-8-12-19)14-13-20(22)15-18-9-5-1-2-6-10-18/h9,13-14,17,19H,1-8,10-12,15-16H2,(H,25,26). The van der Waals surface area contributed by atoms with E-state index in [9.17, 15) is 9.18 Å². The summed E-state index contributed by atoms with van der Waals surface area (Å²) >= 11 is 0. The van der Waals surface area contributed by atoms with Gasteiger partial charge >= 0.3 is 0 Å². The van der Waals surface area contributed by atoms with E-state index in [-0.39, 0.29) is 11.7 Å². The lowest BCUT2D eigenvalue weighted by Gasteiger charge is -2.14. The lowest BCUT2D eigenvalue weighted by molar-refractivity contribution is -0.117. The average molecular weight is 358 g/mol. The van der Waals surface area contributed by atoms with E-state index >= 15 is 0 Å². The Bertz CT molecular complexity index is 629. The quantitative estimate of drug-likeness (QED) is 0.469. The molecule has 0 heterocycles. The lowest BCUT2D eigenvalue weighted by Crippen LogP contribution is -2.16. The summed E-state index contributed by atoms with van der Waals surface area (Å²) in [4.78, 5) is 12.3. The second kappa shape index (κ2) is 9.89. The van der Waals surface area contributed by atoms with E-state index in [4.69, 9.17) is 0 Å². The van der Waals surface area contributed by atoms with Crippen molar-refractivity contribution in [1.29, 1.82) is 0 Å². The van der Waals surface area contributed by atoms with Crippen molar-refractivity contribution in [3.8, 4) is 0 Å². The van der Waals surface area contributed by atoms with Crippen molar-refractivity contribution >= 4 is 11.6 Å². The molecule has 0 spiro atoms. The smallest absolute Gasteiger partial charge is 0.224 e. The molecule has 0 atom stereocenters. The van der Waals surface area contributed by atoms with Crippen molar-refractivity contribution in [2.75, 3.05) is 5.32 Å². The van der Waals surface area contributed by atoms with Crippen LogP contribution in [0.2, 0.25) is 0 Å². The Labute approximate surface area is 157 Å². The molecule has 3 heteroatoms. The van der Waals surface area contributed by atoms with Gasteiger partial charge in [0, 0.05) is 12.1 Å². The molecule has 0 aromatic heterocycles. The van der Waals surface area contributed by atoms with Gasteiger partial charge in [0.2, 0.25) is 5.91 Å². The molecule has 0 aliphatic heterocycles. The maximum atomic E-state index is 14.5. The number of carbonyl (C=O) groups is 1. The summed E-state index contributed by atoms with van der Waals surface area (Å²) in [6.45, 7) is 0. The number of allylic oxidation sites excluding steroid dienone is 2. The molecule has 1 N–H and O–H groups in total. The predicted molar refractivity (Wildman–Crippen MR) is 106 cm³/mol. The number of rotatable bonds is 5. The van der Waals surface area contributed by atoms with E-state index in [0.29, 0.717) is 24.4 Å². The number of carbonyl (C=O) groups excluding carboxylic acids is 1. The van der Waals surface area contributed by atoms with Gasteiger partial charge in [0.25, 0.3) is 0 Å². The number of nitrogens with one attached hydrogen (secondary N) is 1. The minimum Gasteiger partial charge on any atom is -0.326 e. The number of halogens is 1. The first kappa shape index (κ1) is 19.1. The third kappa shape index (κ3) is 5.96. The fourth-order valence-corrected chi connectivity index (χ4v) is 4.30. The van der Waals surface area contributed by atoms with E-state index in [0.717, 1.165) is 31.2 Å². The Hall–Kier alpha value is -1.64. The highest BCUT2D eigenvalue weighted by Gasteiger charge is 2.16. The first-order chi connectivity index (χ1) is 12.7. The van der Waals surface area contributed by atoms with E-state index in [1.165, 1.54) is 56.6 Å². The summed E-state index contributed by atoms with van der Waals surface area (Å²) < 4.78 is 14.5. The molecule has 1 saturated carbocycles. The van der Waals surface area contributed by atoms with Crippen LogP contribution in [-0.4, -0.2) is 5.91 Å². The van der Waals surface area contributed by atoms with Crippen LogP contribution in [0.4, 0.5) is 10.1 Å². The van der Waals surface area contributed by atoms with Crippen LogP contribution < -0.4 is 5.32 Å². The minimum absolute atomic E-state index is 0.0236. The molecule has 0 saturated heterocycles. The fraction of sp³-hybridized carbons (Fsp3) is 0.609. The largest absolute Gasteiger partial charge is 0.326 e. The molecular weight excluding hydrogens is 325 g/mol. The van der Waals surface area contributed by atoms with Gasteiger partial charge in [0.15, 0.2) is 0 Å². The summed E-state index contributed by atoms with van der Waals surface area (Å²) in [5.74, 6) is 0.307. The van der Waals surface area contributed by atoms with Crippen LogP contribution in [0.15, 0.2) is 29.8 Å². The molecule has 142 valence electrons. The zero-order chi connectivity index (χ0) is 18.2. The highest BCUT2D eigenvalue weighted by Crippen LogP contribution is 2.27. The van der Waals surface area contributed by atoms with Crippen molar-refractivity contribution in [2.24, 2.45) is 5.92 Å². The van der Waals surface area contributed by atoms with Crippen LogP contribution in [0.3, 0.4) is 0 Å². The maximum absolute atomic E-state index is 14.5. The normalized spacial score (nSPS) is 19.3. The number of hydrogen-bond acceptors (Lipinski definition) is 1. The van der Waals surface area contributed by atoms with Crippen molar-refractivity contribution in [2.45, 2.75) is 83.5 Å².